The highest BCUT2D eigenvalue weighted by molar-refractivity contribution is 7.98. The van der Waals surface area contributed by atoms with Crippen LogP contribution in [0.1, 0.15) is 16.1 Å². The lowest BCUT2D eigenvalue weighted by atomic mass is 10.3. The molecule has 0 spiro atoms. The van der Waals surface area contributed by atoms with Crippen LogP contribution in [-0.4, -0.2) is 35.6 Å². The normalized spacial score (nSPS) is 10.7. The minimum Gasteiger partial charge on any atom is -0.478 e. The first-order chi connectivity index (χ1) is 8.09. The Kier molecular flexibility index (Phi) is 3.14. The van der Waals surface area contributed by atoms with Gasteiger partial charge in [-0.25, -0.2) is 14.5 Å². The van der Waals surface area contributed by atoms with Gasteiger partial charge in [-0.2, -0.15) is 10.2 Å². The number of carboxylic acid groups (broad SMARTS) is 1. The van der Waals surface area contributed by atoms with Gasteiger partial charge in [0.1, 0.15) is 11.9 Å². The van der Waals surface area contributed by atoms with E-state index in [1.54, 1.807) is 23.5 Å². The first-order valence-electron chi connectivity index (χ1n) is 4.80. The van der Waals surface area contributed by atoms with E-state index in [0.29, 0.717) is 11.4 Å². The Hall–Kier alpha value is -1.83. The van der Waals surface area contributed by atoms with E-state index in [9.17, 15) is 4.79 Å². The van der Waals surface area contributed by atoms with Crippen LogP contribution in [0.2, 0.25) is 0 Å². The summed E-state index contributed by atoms with van der Waals surface area (Å²) in [6.07, 6.45) is 2.82. The molecule has 2 aromatic rings. The molecule has 2 heterocycles. The second-order valence-electron chi connectivity index (χ2n) is 3.39. The lowest BCUT2D eigenvalue weighted by Gasteiger charge is -2.03. The maximum absolute atomic E-state index is 11.0. The molecule has 0 radical (unpaired) electrons. The molecule has 0 aliphatic heterocycles. The number of hydrogen-bond donors (Lipinski definition) is 1. The standard InChI is InChI=1S/C9H11N5O2S/c1-13-7(6(3-11-13)8(15)16)4-17-9-10-5-12-14(9)2/h3,5H,4H2,1-2H3,(H,15,16). The Bertz CT molecular complexity index is 547. The van der Waals surface area contributed by atoms with E-state index in [-0.39, 0.29) is 5.56 Å². The number of thioether (sulfide) groups is 1. The topological polar surface area (TPSA) is 85.8 Å². The smallest absolute Gasteiger partial charge is 0.339 e. The zero-order valence-corrected chi connectivity index (χ0v) is 10.2. The van der Waals surface area contributed by atoms with Gasteiger partial charge in [-0.15, -0.1) is 0 Å². The van der Waals surface area contributed by atoms with Crippen LogP contribution in [0.4, 0.5) is 0 Å². The maximum Gasteiger partial charge on any atom is 0.339 e. The first-order valence-corrected chi connectivity index (χ1v) is 5.79. The van der Waals surface area contributed by atoms with Crippen molar-refractivity contribution in [3.05, 3.63) is 23.8 Å². The lowest BCUT2D eigenvalue weighted by Crippen LogP contribution is -2.04. The molecule has 1 N–H and O–H groups in total. The number of hydrogen-bond acceptors (Lipinski definition) is 5. The molecule has 2 rings (SSSR count). The van der Waals surface area contributed by atoms with Crippen molar-refractivity contribution >= 4 is 17.7 Å². The van der Waals surface area contributed by atoms with E-state index in [4.69, 9.17) is 5.11 Å². The molecule has 0 bridgehead atoms. The maximum atomic E-state index is 11.0. The van der Waals surface area contributed by atoms with E-state index in [0.717, 1.165) is 5.16 Å². The molecule has 0 amide bonds. The average molecular weight is 253 g/mol. The molecule has 90 valence electrons. The summed E-state index contributed by atoms with van der Waals surface area (Å²) in [5, 5.41) is 17.6. The predicted octanol–water partition coefficient (Wildman–Crippen LogP) is 0.539. The van der Waals surface area contributed by atoms with E-state index in [1.165, 1.54) is 24.3 Å². The van der Waals surface area contributed by atoms with Crippen LogP contribution in [0.3, 0.4) is 0 Å². The van der Waals surface area contributed by atoms with Crippen LogP contribution < -0.4 is 0 Å². The SMILES string of the molecule is Cn1ncnc1SCc1c(C(=O)O)cnn1C. The van der Waals surface area contributed by atoms with Gasteiger partial charge in [0.15, 0.2) is 5.16 Å². The molecule has 7 nitrogen and oxygen atoms in total. The van der Waals surface area contributed by atoms with Gasteiger partial charge in [-0.05, 0) is 0 Å². The summed E-state index contributed by atoms with van der Waals surface area (Å²) in [5.74, 6) is -0.475. The number of carbonyl (C=O) groups is 1. The number of aryl methyl sites for hydroxylation is 2. The third-order valence-corrected chi connectivity index (χ3v) is 3.35. The second-order valence-corrected chi connectivity index (χ2v) is 4.33. The summed E-state index contributed by atoms with van der Waals surface area (Å²) < 4.78 is 3.20. The fourth-order valence-corrected chi connectivity index (χ4v) is 2.33. The molecule has 0 saturated carbocycles. The van der Waals surface area contributed by atoms with Crippen LogP contribution in [0, 0.1) is 0 Å². The van der Waals surface area contributed by atoms with Gasteiger partial charge >= 0.3 is 5.97 Å². The van der Waals surface area contributed by atoms with Crippen LogP contribution >= 0.6 is 11.8 Å². The summed E-state index contributed by atoms with van der Waals surface area (Å²) in [6.45, 7) is 0. The minimum absolute atomic E-state index is 0.224. The Morgan fingerprint density at radius 1 is 1.41 bits per heavy atom. The molecule has 17 heavy (non-hydrogen) atoms. The minimum atomic E-state index is -0.966. The fourth-order valence-electron chi connectivity index (χ4n) is 1.36. The van der Waals surface area contributed by atoms with Crippen LogP contribution in [0.5, 0.6) is 0 Å². The van der Waals surface area contributed by atoms with Gasteiger partial charge in [-0.3, -0.25) is 4.68 Å². The molecule has 2 aromatic heterocycles. The highest BCUT2D eigenvalue weighted by Crippen LogP contribution is 2.21. The van der Waals surface area contributed by atoms with Crippen molar-refractivity contribution in [2.24, 2.45) is 14.1 Å². The van der Waals surface area contributed by atoms with Gasteiger partial charge in [0, 0.05) is 19.8 Å². The monoisotopic (exact) mass is 253 g/mol. The third-order valence-electron chi connectivity index (χ3n) is 2.30. The van der Waals surface area contributed by atoms with Crippen LogP contribution in [-0.2, 0) is 19.8 Å². The summed E-state index contributed by atoms with van der Waals surface area (Å²) in [6, 6.07) is 0. The molecule has 8 heteroatoms. The van der Waals surface area contributed by atoms with Crippen molar-refractivity contribution in [2.45, 2.75) is 10.9 Å². The fraction of sp³-hybridized carbons (Fsp3) is 0.333. The molecular weight excluding hydrogens is 242 g/mol. The molecule has 0 aliphatic carbocycles. The largest absolute Gasteiger partial charge is 0.478 e. The molecular formula is C9H11N5O2S. The van der Waals surface area contributed by atoms with Crippen molar-refractivity contribution in [1.82, 2.24) is 24.5 Å². The predicted molar refractivity (Wildman–Crippen MR) is 60.7 cm³/mol. The quantitative estimate of drug-likeness (QED) is 0.800. The molecule has 0 saturated heterocycles. The third kappa shape index (κ3) is 2.31. The second kappa shape index (κ2) is 4.58. The van der Waals surface area contributed by atoms with E-state index >= 15 is 0 Å². The summed E-state index contributed by atoms with van der Waals surface area (Å²) in [4.78, 5) is 15.0. The Labute approximate surface area is 101 Å². The molecule has 0 aromatic carbocycles. The van der Waals surface area contributed by atoms with Crippen molar-refractivity contribution < 1.29 is 9.90 Å². The van der Waals surface area contributed by atoms with Crippen LogP contribution in [0.15, 0.2) is 17.7 Å². The highest BCUT2D eigenvalue weighted by Gasteiger charge is 2.15. The Morgan fingerprint density at radius 3 is 2.76 bits per heavy atom. The number of rotatable bonds is 4. The summed E-state index contributed by atoms with van der Waals surface area (Å²) >= 11 is 1.42. The highest BCUT2D eigenvalue weighted by atomic mass is 32.2. The number of carboxylic acids is 1. The summed E-state index contributed by atoms with van der Waals surface area (Å²) in [7, 11) is 3.51. The molecule has 0 unspecified atom stereocenters. The van der Waals surface area contributed by atoms with E-state index in [2.05, 4.69) is 15.2 Å². The van der Waals surface area contributed by atoms with Crippen molar-refractivity contribution in [2.75, 3.05) is 0 Å². The van der Waals surface area contributed by atoms with Crippen LogP contribution in [0.25, 0.3) is 0 Å². The summed E-state index contributed by atoms with van der Waals surface area (Å²) in [5.41, 5.74) is 0.882. The zero-order valence-electron chi connectivity index (χ0n) is 9.36. The first kappa shape index (κ1) is 11.6. The van der Waals surface area contributed by atoms with E-state index < -0.39 is 5.97 Å². The number of aromatic nitrogens is 5. The molecule has 0 aliphatic rings. The Balaban J connectivity index is 2.16. The van der Waals surface area contributed by atoms with Crippen molar-refractivity contribution in [1.29, 1.82) is 0 Å². The van der Waals surface area contributed by atoms with Gasteiger partial charge in [-0.1, -0.05) is 11.8 Å². The Morgan fingerprint density at radius 2 is 2.18 bits per heavy atom. The lowest BCUT2D eigenvalue weighted by molar-refractivity contribution is 0.0696. The van der Waals surface area contributed by atoms with Crippen molar-refractivity contribution in [3.63, 3.8) is 0 Å². The van der Waals surface area contributed by atoms with Gasteiger partial charge in [0.05, 0.1) is 11.9 Å². The molecule has 0 fully saturated rings. The zero-order chi connectivity index (χ0) is 12.4. The van der Waals surface area contributed by atoms with Gasteiger partial charge < -0.3 is 5.11 Å². The number of aromatic carboxylic acids is 1. The van der Waals surface area contributed by atoms with Gasteiger partial charge in [0.25, 0.3) is 0 Å². The van der Waals surface area contributed by atoms with E-state index in [1.807, 2.05) is 0 Å². The molecule has 0 atom stereocenters. The van der Waals surface area contributed by atoms with Gasteiger partial charge in [0.2, 0.25) is 0 Å². The average Bonchev–Trinajstić information content (AvgIpc) is 2.82. The van der Waals surface area contributed by atoms with Crippen molar-refractivity contribution in [3.8, 4) is 0 Å². The number of nitrogens with zero attached hydrogens (tertiary/aromatic N) is 5.